The number of carbonyl (C=O) groups is 1. The van der Waals surface area contributed by atoms with Crippen molar-refractivity contribution in [1.29, 1.82) is 0 Å². The number of alkyl halides is 1. The first-order valence-corrected chi connectivity index (χ1v) is 11.5. The molecule has 0 radical (unpaired) electrons. The number of halogens is 1. The number of pyridine rings is 1. The Bertz CT molecular complexity index is 669. The van der Waals surface area contributed by atoms with E-state index in [4.69, 9.17) is 22.1 Å². The van der Waals surface area contributed by atoms with E-state index in [-0.39, 0.29) is 0 Å². The lowest BCUT2D eigenvalue weighted by Gasteiger charge is -2.38. The Morgan fingerprint density at radius 3 is 2.38 bits per heavy atom. The zero-order chi connectivity index (χ0) is 20.8. The lowest BCUT2D eigenvalue weighted by atomic mass is 10.0. The van der Waals surface area contributed by atoms with E-state index in [9.17, 15) is 4.79 Å². The van der Waals surface area contributed by atoms with E-state index in [1.54, 1.807) is 6.20 Å². The number of hydrogen-bond donors (Lipinski definition) is 1. The Morgan fingerprint density at radius 2 is 1.83 bits per heavy atom. The third-order valence-corrected chi connectivity index (χ3v) is 6.43. The summed E-state index contributed by atoms with van der Waals surface area (Å²) in [5.41, 5.74) is 7.80. The topological polar surface area (TPSA) is 71.7 Å². The number of aryl methyl sites for hydroxylation is 1. The number of anilines is 1. The molecule has 3 heterocycles. The van der Waals surface area contributed by atoms with Crippen LogP contribution in [0.3, 0.4) is 0 Å². The fraction of sp³-hybridized carbons (Fsp3) is 0.727. The van der Waals surface area contributed by atoms with Gasteiger partial charge in [0.2, 0.25) is 0 Å². The lowest BCUT2D eigenvalue weighted by molar-refractivity contribution is -0.0540. The summed E-state index contributed by atoms with van der Waals surface area (Å²) in [5.74, 6) is 0.0816. The van der Waals surface area contributed by atoms with Crippen LogP contribution in [0.1, 0.15) is 62.0 Å². The van der Waals surface area contributed by atoms with E-state index < -0.39 is 5.91 Å². The third-order valence-electron chi connectivity index (χ3n) is 6.16. The molecule has 0 bridgehead atoms. The lowest BCUT2D eigenvalue weighted by Crippen LogP contribution is -2.44. The van der Waals surface area contributed by atoms with Crippen molar-refractivity contribution in [3.05, 3.63) is 23.5 Å². The van der Waals surface area contributed by atoms with E-state index >= 15 is 0 Å². The number of ether oxygens (including phenoxy) is 1. The minimum absolute atomic E-state index is 0.343. The van der Waals surface area contributed by atoms with Gasteiger partial charge in [0.1, 0.15) is 5.69 Å². The van der Waals surface area contributed by atoms with E-state index in [0.717, 1.165) is 76.0 Å². The average molecular weight is 423 g/mol. The molecule has 29 heavy (non-hydrogen) atoms. The molecule has 0 aliphatic carbocycles. The molecule has 0 atom stereocenters. The maximum atomic E-state index is 11.7. The predicted molar refractivity (Wildman–Crippen MR) is 118 cm³/mol. The van der Waals surface area contributed by atoms with Crippen molar-refractivity contribution < 1.29 is 9.53 Å². The Kier molecular flexibility index (Phi) is 8.16. The van der Waals surface area contributed by atoms with E-state index in [0.29, 0.717) is 29.8 Å². The van der Waals surface area contributed by atoms with Crippen LogP contribution in [0.4, 0.5) is 5.69 Å². The first-order valence-electron chi connectivity index (χ1n) is 11.0. The first kappa shape index (κ1) is 22.3. The van der Waals surface area contributed by atoms with Crippen LogP contribution >= 0.6 is 11.6 Å². The Morgan fingerprint density at radius 1 is 1.21 bits per heavy atom. The van der Waals surface area contributed by atoms with Crippen molar-refractivity contribution in [3.8, 4) is 0 Å². The average Bonchev–Trinajstić information content (AvgIpc) is 2.73. The molecule has 0 saturated carbocycles. The number of carbonyl (C=O) groups excluding carboxylic acids is 1. The highest BCUT2D eigenvalue weighted by Crippen LogP contribution is 2.26. The van der Waals surface area contributed by atoms with Crippen LogP contribution in [0.2, 0.25) is 0 Å². The molecule has 3 rings (SSSR count). The van der Waals surface area contributed by atoms with Gasteiger partial charge in [-0.05, 0) is 64.0 Å². The first-order chi connectivity index (χ1) is 14.0. The van der Waals surface area contributed by atoms with Crippen LogP contribution in [0.25, 0.3) is 0 Å². The van der Waals surface area contributed by atoms with Crippen molar-refractivity contribution in [2.24, 2.45) is 5.73 Å². The van der Waals surface area contributed by atoms with Gasteiger partial charge in [0, 0.05) is 38.1 Å². The van der Waals surface area contributed by atoms with Crippen molar-refractivity contribution in [2.45, 2.75) is 70.6 Å². The Labute approximate surface area is 179 Å². The molecule has 7 heteroatoms. The minimum Gasteiger partial charge on any atom is -0.375 e. The predicted octanol–water partition coefficient (Wildman–Crippen LogP) is 3.21. The molecule has 1 aromatic rings. The quantitative estimate of drug-likeness (QED) is 0.651. The number of primary amides is 1. The third kappa shape index (κ3) is 6.06. The van der Waals surface area contributed by atoms with Gasteiger partial charge in [-0.15, -0.1) is 11.6 Å². The van der Waals surface area contributed by atoms with Gasteiger partial charge in [-0.3, -0.25) is 4.79 Å². The highest BCUT2D eigenvalue weighted by atomic mass is 35.5. The van der Waals surface area contributed by atoms with Gasteiger partial charge in [-0.2, -0.15) is 0 Å². The van der Waals surface area contributed by atoms with Gasteiger partial charge in [0.05, 0.1) is 24.1 Å². The second kappa shape index (κ2) is 10.6. The van der Waals surface area contributed by atoms with Crippen molar-refractivity contribution >= 4 is 23.2 Å². The summed E-state index contributed by atoms with van der Waals surface area (Å²) < 4.78 is 6.43. The molecule has 0 unspecified atom stereocenters. The number of rotatable bonds is 8. The van der Waals surface area contributed by atoms with Gasteiger partial charge >= 0.3 is 0 Å². The Hall–Kier alpha value is -1.37. The summed E-state index contributed by atoms with van der Waals surface area (Å²) in [4.78, 5) is 20.9. The van der Waals surface area contributed by atoms with Crippen molar-refractivity contribution in [1.82, 2.24) is 9.88 Å². The molecule has 1 aromatic heterocycles. The Balaban J connectivity index is 1.52. The summed E-state index contributed by atoms with van der Waals surface area (Å²) in [6.07, 6.45) is 8.37. The zero-order valence-corrected chi connectivity index (χ0v) is 18.5. The molecule has 2 aliphatic rings. The van der Waals surface area contributed by atoms with Crippen LogP contribution in [0.5, 0.6) is 0 Å². The number of nitrogens with zero attached hydrogens (tertiary/aromatic N) is 3. The molecule has 2 aliphatic heterocycles. The molecule has 2 saturated heterocycles. The molecular weight excluding hydrogens is 388 g/mol. The molecule has 6 nitrogen and oxygen atoms in total. The standard InChI is InChI=1S/C22H35ClN4O2/c1-16(2)26-10-5-19(6-11-26)29-20-7-12-27(13-8-20)18-14-17(4-3-9-23)21(22(24)28)25-15-18/h14-16,19-20H,3-13H2,1-2H3,(H2,24,28). The number of nitrogens with two attached hydrogens (primary N) is 1. The molecular formula is C22H35ClN4O2. The zero-order valence-electron chi connectivity index (χ0n) is 17.8. The SMILES string of the molecule is CC(C)N1CCC(OC2CCN(c3cnc(C(N)=O)c(CCCCl)c3)CC2)CC1. The van der Waals surface area contributed by atoms with Crippen LogP contribution in [0.15, 0.2) is 12.3 Å². The number of hydrogen-bond acceptors (Lipinski definition) is 5. The van der Waals surface area contributed by atoms with Crippen LogP contribution < -0.4 is 10.6 Å². The second-order valence-electron chi connectivity index (χ2n) is 8.51. The fourth-order valence-electron chi connectivity index (χ4n) is 4.39. The van der Waals surface area contributed by atoms with E-state index in [1.807, 2.05) is 0 Å². The van der Waals surface area contributed by atoms with Gasteiger partial charge in [-0.1, -0.05) is 0 Å². The van der Waals surface area contributed by atoms with E-state index in [2.05, 4.69) is 34.7 Å². The number of piperidine rings is 2. The number of aromatic nitrogens is 1. The molecule has 2 fully saturated rings. The van der Waals surface area contributed by atoms with Gasteiger partial charge in [-0.25, -0.2) is 4.98 Å². The highest BCUT2D eigenvalue weighted by Gasteiger charge is 2.27. The number of likely N-dealkylation sites (tertiary alicyclic amines) is 1. The molecule has 2 N–H and O–H groups in total. The minimum atomic E-state index is -0.475. The van der Waals surface area contributed by atoms with E-state index in [1.165, 1.54) is 0 Å². The van der Waals surface area contributed by atoms with Gasteiger partial charge < -0.3 is 20.3 Å². The highest BCUT2D eigenvalue weighted by molar-refractivity contribution is 6.17. The largest absolute Gasteiger partial charge is 0.375 e. The maximum absolute atomic E-state index is 11.7. The van der Waals surface area contributed by atoms with Gasteiger partial charge in [0.25, 0.3) is 5.91 Å². The molecule has 162 valence electrons. The summed E-state index contributed by atoms with van der Waals surface area (Å²) in [6, 6.07) is 2.69. The van der Waals surface area contributed by atoms with Crippen molar-refractivity contribution in [2.75, 3.05) is 37.0 Å². The monoisotopic (exact) mass is 422 g/mol. The maximum Gasteiger partial charge on any atom is 0.267 e. The van der Waals surface area contributed by atoms with Gasteiger partial charge in [0.15, 0.2) is 0 Å². The number of amides is 1. The normalized spacial score (nSPS) is 19.8. The summed E-state index contributed by atoms with van der Waals surface area (Å²) in [5, 5.41) is 0. The molecule has 1 amide bonds. The van der Waals surface area contributed by atoms with Crippen LogP contribution in [0, 0.1) is 0 Å². The van der Waals surface area contributed by atoms with Crippen LogP contribution in [-0.4, -0.2) is 66.1 Å². The van der Waals surface area contributed by atoms with Crippen molar-refractivity contribution in [3.63, 3.8) is 0 Å². The molecule has 0 aromatic carbocycles. The summed E-state index contributed by atoms with van der Waals surface area (Å²) >= 11 is 5.83. The fourth-order valence-corrected chi connectivity index (χ4v) is 4.52. The summed E-state index contributed by atoms with van der Waals surface area (Å²) in [6.45, 7) is 8.71. The van der Waals surface area contributed by atoms with Crippen LogP contribution in [-0.2, 0) is 11.2 Å². The smallest absolute Gasteiger partial charge is 0.267 e. The molecule has 0 spiro atoms. The second-order valence-corrected chi connectivity index (χ2v) is 8.89. The summed E-state index contributed by atoms with van der Waals surface area (Å²) in [7, 11) is 0.